The van der Waals surface area contributed by atoms with Crippen molar-refractivity contribution >= 4 is 0 Å². The fourth-order valence-corrected chi connectivity index (χ4v) is 3.10. The quantitative estimate of drug-likeness (QED) is 0.942. The number of likely N-dealkylation sites (tertiary alicyclic amines) is 1. The summed E-state index contributed by atoms with van der Waals surface area (Å²) in [5, 5.41) is 9.13. The van der Waals surface area contributed by atoms with Gasteiger partial charge in [-0.05, 0) is 43.7 Å². The lowest BCUT2D eigenvalue weighted by molar-refractivity contribution is 0.160. The first-order valence-electron chi connectivity index (χ1n) is 7.68. The van der Waals surface area contributed by atoms with Crippen LogP contribution in [0.3, 0.4) is 0 Å². The fourth-order valence-electron chi connectivity index (χ4n) is 3.10. The number of aliphatic hydroxyl groups is 1. The van der Waals surface area contributed by atoms with Crippen molar-refractivity contribution in [3.05, 3.63) is 48.2 Å². The van der Waals surface area contributed by atoms with E-state index < -0.39 is 0 Å². The molecule has 1 aliphatic rings. The Morgan fingerprint density at radius 3 is 2.73 bits per heavy atom. The highest BCUT2D eigenvalue weighted by molar-refractivity contribution is 5.62. The van der Waals surface area contributed by atoms with Crippen molar-refractivity contribution < 1.29 is 9.50 Å². The van der Waals surface area contributed by atoms with Crippen LogP contribution < -0.4 is 0 Å². The summed E-state index contributed by atoms with van der Waals surface area (Å²) in [6.45, 7) is 2.78. The summed E-state index contributed by atoms with van der Waals surface area (Å²) in [6, 6.07) is 6.40. The fraction of sp³-hybridized carbons (Fsp3) is 0.412. The number of benzene rings is 1. The normalized spacial score (nSPS) is 19.3. The van der Waals surface area contributed by atoms with E-state index in [0.717, 1.165) is 42.9 Å². The molecule has 1 N–H and O–H groups in total. The minimum Gasteiger partial charge on any atom is -0.395 e. The van der Waals surface area contributed by atoms with E-state index in [2.05, 4.69) is 14.9 Å². The molecule has 1 aromatic carbocycles. The highest BCUT2D eigenvalue weighted by atomic mass is 19.1. The van der Waals surface area contributed by atoms with Gasteiger partial charge in [0.1, 0.15) is 5.82 Å². The number of aromatic nitrogens is 2. The number of aliphatic hydroxyl groups excluding tert-OH is 1. The first kappa shape index (κ1) is 15.1. The molecule has 1 atom stereocenters. The lowest BCUT2D eigenvalue weighted by Crippen LogP contribution is -2.36. The summed E-state index contributed by atoms with van der Waals surface area (Å²) in [7, 11) is 0. The van der Waals surface area contributed by atoms with Crippen molar-refractivity contribution in [1.82, 2.24) is 14.9 Å². The monoisotopic (exact) mass is 301 g/mol. The van der Waals surface area contributed by atoms with E-state index in [4.69, 9.17) is 5.11 Å². The molecule has 2 aromatic rings. The third-order valence-electron chi connectivity index (χ3n) is 4.15. The van der Waals surface area contributed by atoms with Crippen LogP contribution in [-0.4, -0.2) is 46.2 Å². The molecule has 0 aliphatic carbocycles. The van der Waals surface area contributed by atoms with Crippen molar-refractivity contribution in [2.75, 3.05) is 26.2 Å². The lowest BCUT2D eigenvalue weighted by Gasteiger charge is -2.32. The topological polar surface area (TPSA) is 49.2 Å². The highest BCUT2D eigenvalue weighted by Gasteiger charge is 2.25. The van der Waals surface area contributed by atoms with Gasteiger partial charge in [0.05, 0.1) is 18.0 Å². The first-order chi connectivity index (χ1) is 10.8. The van der Waals surface area contributed by atoms with Gasteiger partial charge in [-0.2, -0.15) is 0 Å². The van der Waals surface area contributed by atoms with Gasteiger partial charge in [-0.1, -0.05) is 0 Å². The Balaban J connectivity index is 1.89. The van der Waals surface area contributed by atoms with Gasteiger partial charge in [-0.3, -0.25) is 9.97 Å². The minimum atomic E-state index is -0.249. The van der Waals surface area contributed by atoms with E-state index in [0.29, 0.717) is 12.5 Å². The number of halogens is 1. The van der Waals surface area contributed by atoms with Gasteiger partial charge in [0.25, 0.3) is 0 Å². The van der Waals surface area contributed by atoms with Crippen LogP contribution in [0.1, 0.15) is 24.5 Å². The summed E-state index contributed by atoms with van der Waals surface area (Å²) in [6.07, 6.45) is 5.54. The van der Waals surface area contributed by atoms with Gasteiger partial charge < -0.3 is 10.0 Å². The summed E-state index contributed by atoms with van der Waals surface area (Å²) in [4.78, 5) is 11.3. The summed E-state index contributed by atoms with van der Waals surface area (Å²) >= 11 is 0. The number of piperidine rings is 1. The van der Waals surface area contributed by atoms with Gasteiger partial charge >= 0.3 is 0 Å². The van der Waals surface area contributed by atoms with E-state index in [1.54, 1.807) is 24.5 Å². The Kier molecular flexibility index (Phi) is 4.75. The van der Waals surface area contributed by atoms with E-state index in [1.807, 2.05) is 0 Å². The number of rotatable bonds is 4. The van der Waals surface area contributed by atoms with Crippen molar-refractivity contribution in [3.8, 4) is 11.3 Å². The smallest absolute Gasteiger partial charge is 0.123 e. The van der Waals surface area contributed by atoms with Crippen molar-refractivity contribution in [2.24, 2.45) is 0 Å². The zero-order valence-electron chi connectivity index (χ0n) is 12.5. The number of hydrogen-bond donors (Lipinski definition) is 1. The molecule has 1 aliphatic heterocycles. The van der Waals surface area contributed by atoms with Crippen LogP contribution in [0.5, 0.6) is 0 Å². The van der Waals surface area contributed by atoms with Crippen LogP contribution in [0.4, 0.5) is 4.39 Å². The van der Waals surface area contributed by atoms with Gasteiger partial charge in [-0.25, -0.2) is 4.39 Å². The van der Waals surface area contributed by atoms with Crippen LogP contribution in [0.25, 0.3) is 11.3 Å². The largest absolute Gasteiger partial charge is 0.395 e. The predicted molar refractivity (Wildman–Crippen MR) is 82.9 cm³/mol. The molecular formula is C17H20FN3O. The maximum atomic E-state index is 13.1. The SMILES string of the molecule is OCCN1CCC[C@H](c2nccnc2-c2ccc(F)cc2)C1. The average molecular weight is 301 g/mol. The van der Waals surface area contributed by atoms with Crippen LogP contribution >= 0.6 is 0 Å². The van der Waals surface area contributed by atoms with Gasteiger partial charge in [0, 0.05) is 37.0 Å². The first-order valence-corrected chi connectivity index (χ1v) is 7.68. The Morgan fingerprint density at radius 1 is 1.18 bits per heavy atom. The summed E-state index contributed by atoms with van der Waals surface area (Å²) in [5.74, 6) is 0.0510. The zero-order valence-corrected chi connectivity index (χ0v) is 12.5. The van der Waals surface area contributed by atoms with Crippen LogP contribution in [0, 0.1) is 5.82 Å². The second-order valence-electron chi connectivity index (χ2n) is 5.66. The van der Waals surface area contributed by atoms with Crippen LogP contribution in [0.2, 0.25) is 0 Å². The molecule has 0 spiro atoms. The molecule has 1 saturated heterocycles. The second-order valence-corrected chi connectivity index (χ2v) is 5.66. The molecule has 0 bridgehead atoms. The third-order valence-corrected chi connectivity index (χ3v) is 4.15. The third kappa shape index (κ3) is 3.31. The van der Waals surface area contributed by atoms with Gasteiger partial charge in [-0.15, -0.1) is 0 Å². The average Bonchev–Trinajstić information content (AvgIpc) is 2.56. The molecule has 0 unspecified atom stereocenters. The van der Waals surface area contributed by atoms with Crippen LogP contribution in [-0.2, 0) is 0 Å². The number of hydrogen-bond acceptors (Lipinski definition) is 4. The molecule has 5 heteroatoms. The molecule has 0 radical (unpaired) electrons. The molecule has 0 saturated carbocycles. The molecule has 116 valence electrons. The van der Waals surface area contributed by atoms with Crippen molar-refractivity contribution in [1.29, 1.82) is 0 Å². The Morgan fingerprint density at radius 2 is 1.95 bits per heavy atom. The second kappa shape index (κ2) is 6.94. The zero-order chi connectivity index (χ0) is 15.4. The standard InChI is InChI=1S/C17H20FN3O/c18-15-5-3-13(4-6-15)16-17(20-8-7-19-16)14-2-1-9-21(12-14)10-11-22/h3-8,14,22H,1-2,9-12H2/t14-/m0/s1. The van der Waals surface area contributed by atoms with Gasteiger partial charge in [0.2, 0.25) is 0 Å². The molecule has 3 rings (SSSR count). The number of nitrogens with zero attached hydrogens (tertiary/aromatic N) is 3. The minimum absolute atomic E-state index is 0.179. The Bertz CT molecular complexity index is 616. The molecule has 0 amide bonds. The molecular weight excluding hydrogens is 281 g/mol. The maximum absolute atomic E-state index is 13.1. The van der Waals surface area contributed by atoms with Gasteiger partial charge in [0.15, 0.2) is 0 Å². The molecule has 22 heavy (non-hydrogen) atoms. The Hall–Kier alpha value is -1.85. The maximum Gasteiger partial charge on any atom is 0.123 e. The van der Waals surface area contributed by atoms with E-state index in [-0.39, 0.29) is 12.4 Å². The molecule has 1 fully saturated rings. The lowest BCUT2D eigenvalue weighted by atomic mass is 9.91. The Labute approximate surface area is 129 Å². The summed E-state index contributed by atoms with van der Waals surface area (Å²) < 4.78 is 13.1. The summed E-state index contributed by atoms with van der Waals surface area (Å²) in [5.41, 5.74) is 2.69. The highest BCUT2D eigenvalue weighted by Crippen LogP contribution is 2.31. The van der Waals surface area contributed by atoms with E-state index in [1.165, 1.54) is 12.1 Å². The van der Waals surface area contributed by atoms with Crippen molar-refractivity contribution in [2.45, 2.75) is 18.8 Å². The molecule has 4 nitrogen and oxygen atoms in total. The van der Waals surface area contributed by atoms with E-state index >= 15 is 0 Å². The predicted octanol–water partition coefficient (Wildman–Crippen LogP) is 2.45. The van der Waals surface area contributed by atoms with E-state index in [9.17, 15) is 4.39 Å². The van der Waals surface area contributed by atoms with Crippen LogP contribution in [0.15, 0.2) is 36.7 Å². The van der Waals surface area contributed by atoms with Crippen molar-refractivity contribution in [3.63, 3.8) is 0 Å². The molecule has 1 aromatic heterocycles. The number of β-amino-alcohol motifs (C(OH)–C–C–N with tert-alkyl or cyclic N) is 1. The molecule has 2 heterocycles.